The number of pyridine rings is 1. The molecule has 3 aliphatic heterocycles. The molecule has 2 atom stereocenters. The molecule has 1 saturated carbocycles. The zero-order chi connectivity index (χ0) is 30.8. The molecule has 236 valence electrons. The monoisotopic (exact) mass is 639 g/mol. The van der Waals surface area contributed by atoms with Crippen LogP contribution >= 0.6 is 11.6 Å². The first-order valence-corrected chi connectivity index (χ1v) is 16.5. The molecule has 3 fully saturated rings. The summed E-state index contributed by atoms with van der Waals surface area (Å²) in [7, 11) is 0. The van der Waals surface area contributed by atoms with Gasteiger partial charge in [-0.15, -0.1) is 20.4 Å². The minimum absolute atomic E-state index is 0.176. The van der Waals surface area contributed by atoms with Crippen LogP contribution in [0.25, 0.3) is 22.7 Å². The summed E-state index contributed by atoms with van der Waals surface area (Å²) >= 11 is 6.07. The van der Waals surface area contributed by atoms with Crippen LogP contribution in [-0.4, -0.2) is 70.6 Å². The van der Waals surface area contributed by atoms with Crippen LogP contribution in [-0.2, 0) is 23.6 Å². The zero-order valence-corrected chi connectivity index (χ0v) is 26.3. The number of halogens is 1. The highest BCUT2D eigenvalue weighted by Gasteiger charge is 2.42. The summed E-state index contributed by atoms with van der Waals surface area (Å²) in [6.07, 6.45) is 7.15. The standard InChI is InChI=1S/C33H34ClN9O3/c1-33(27-8-7-21(34)16-35-27)45-26-4-2-3-23(29(26)46-33)19-9-12-42(13-10-19)18-28-36-25-15-24(31-37-30(39-40-31)20-5-6-20)38-41-32(25)43(28)17-22-11-14-44-22/h2-4,7-8,15-16,19-20,22H,5-6,9-14,17-18H2,1H3,(H,37,39,40)/t22-,33?/m0/s1. The van der Waals surface area contributed by atoms with E-state index in [1.54, 1.807) is 6.20 Å². The largest absolute Gasteiger partial charge is 0.443 e. The van der Waals surface area contributed by atoms with Crippen LogP contribution < -0.4 is 9.47 Å². The molecule has 1 aliphatic carbocycles. The minimum atomic E-state index is -0.997. The van der Waals surface area contributed by atoms with Gasteiger partial charge in [-0.3, -0.25) is 9.88 Å². The average molecular weight is 640 g/mol. The Balaban J connectivity index is 0.924. The second kappa shape index (κ2) is 11.0. The molecule has 7 heterocycles. The first-order valence-electron chi connectivity index (χ1n) is 16.1. The lowest BCUT2D eigenvalue weighted by molar-refractivity contribution is -0.0722. The molecule has 13 heteroatoms. The molecule has 1 N–H and O–H groups in total. The third-order valence-corrected chi connectivity index (χ3v) is 9.88. The van der Waals surface area contributed by atoms with Gasteiger partial charge in [0.15, 0.2) is 23.0 Å². The smallest absolute Gasteiger partial charge is 0.292 e. The van der Waals surface area contributed by atoms with E-state index in [9.17, 15) is 0 Å². The number of rotatable bonds is 8. The van der Waals surface area contributed by atoms with E-state index in [0.717, 1.165) is 99.2 Å². The Bertz CT molecular complexity index is 1910. The molecule has 4 aromatic heterocycles. The van der Waals surface area contributed by atoms with Crippen molar-refractivity contribution in [3.8, 4) is 23.0 Å². The number of fused-ring (bicyclic) bond motifs is 2. The van der Waals surface area contributed by atoms with Crippen molar-refractivity contribution in [1.82, 2.24) is 44.8 Å². The van der Waals surface area contributed by atoms with E-state index in [1.165, 1.54) is 5.56 Å². The Labute approximate surface area is 270 Å². The summed E-state index contributed by atoms with van der Waals surface area (Å²) in [5.41, 5.74) is 4.12. The topological polar surface area (TPSA) is 129 Å². The van der Waals surface area contributed by atoms with Gasteiger partial charge < -0.3 is 23.8 Å². The quantitative estimate of drug-likeness (QED) is 0.237. The van der Waals surface area contributed by atoms with Crippen LogP contribution in [0, 0.1) is 0 Å². The van der Waals surface area contributed by atoms with Gasteiger partial charge in [0.1, 0.15) is 28.6 Å². The Morgan fingerprint density at radius 2 is 1.85 bits per heavy atom. The first-order chi connectivity index (χ1) is 22.5. The van der Waals surface area contributed by atoms with E-state index in [-0.39, 0.29) is 6.10 Å². The number of aromatic amines is 1. The number of para-hydroxylation sites is 1. The van der Waals surface area contributed by atoms with Crippen molar-refractivity contribution < 1.29 is 14.2 Å². The van der Waals surface area contributed by atoms with Crippen molar-refractivity contribution in [2.75, 3.05) is 19.7 Å². The van der Waals surface area contributed by atoms with E-state index >= 15 is 0 Å². The molecule has 0 spiro atoms. The maximum Gasteiger partial charge on any atom is 0.292 e. The maximum absolute atomic E-state index is 6.50. The van der Waals surface area contributed by atoms with E-state index in [2.05, 4.69) is 52.0 Å². The summed E-state index contributed by atoms with van der Waals surface area (Å²) in [5, 5.41) is 18.4. The summed E-state index contributed by atoms with van der Waals surface area (Å²) < 4.78 is 20.8. The zero-order valence-electron chi connectivity index (χ0n) is 25.5. The predicted octanol–water partition coefficient (Wildman–Crippen LogP) is 5.35. The molecule has 46 heavy (non-hydrogen) atoms. The third-order valence-electron chi connectivity index (χ3n) is 9.66. The minimum Gasteiger partial charge on any atom is -0.443 e. The number of nitrogens with zero attached hydrogens (tertiary/aromatic N) is 8. The van der Waals surface area contributed by atoms with Gasteiger partial charge in [-0.1, -0.05) is 23.7 Å². The Morgan fingerprint density at radius 3 is 2.61 bits per heavy atom. The predicted molar refractivity (Wildman–Crippen MR) is 169 cm³/mol. The number of hydrogen-bond donors (Lipinski definition) is 1. The lowest BCUT2D eigenvalue weighted by Crippen LogP contribution is -2.35. The fourth-order valence-corrected chi connectivity index (χ4v) is 6.90. The molecule has 2 saturated heterocycles. The average Bonchev–Trinajstić information content (AvgIpc) is 3.51. The number of ether oxygens (including phenoxy) is 3. The van der Waals surface area contributed by atoms with E-state index in [4.69, 9.17) is 30.8 Å². The van der Waals surface area contributed by atoms with Crippen LogP contribution in [0.2, 0.25) is 5.02 Å². The molecular formula is C33H34ClN9O3. The fraction of sp³-hybridized carbons (Fsp3) is 0.455. The number of nitrogens with one attached hydrogen (secondary N) is 1. The number of likely N-dealkylation sites (tertiary alicyclic amines) is 1. The summed E-state index contributed by atoms with van der Waals surface area (Å²) in [5.74, 6) is 3.97. The van der Waals surface area contributed by atoms with Crippen molar-refractivity contribution in [2.45, 2.75) is 75.8 Å². The van der Waals surface area contributed by atoms with Crippen LogP contribution in [0.3, 0.4) is 0 Å². The second-order valence-electron chi connectivity index (χ2n) is 12.9. The molecule has 0 radical (unpaired) electrons. The van der Waals surface area contributed by atoms with Gasteiger partial charge in [-0.2, -0.15) is 0 Å². The lowest BCUT2D eigenvalue weighted by atomic mass is 9.88. The van der Waals surface area contributed by atoms with Gasteiger partial charge in [0, 0.05) is 31.2 Å². The number of H-pyrrole nitrogens is 1. The van der Waals surface area contributed by atoms with Crippen molar-refractivity contribution in [3.05, 3.63) is 70.5 Å². The highest BCUT2D eigenvalue weighted by atomic mass is 35.5. The van der Waals surface area contributed by atoms with Gasteiger partial charge in [-0.25, -0.2) is 4.98 Å². The molecule has 0 bridgehead atoms. The van der Waals surface area contributed by atoms with Gasteiger partial charge in [0.25, 0.3) is 5.79 Å². The SMILES string of the molecule is CC1(c2ccc(Cl)cn2)Oc2cccc(C3CCN(Cc4nc5cc(-c6nnc(C7CC7)[nH]6)nnc5n4C[C@@H]4CCO4)CC3)c2O1. The molecular weight excluding hydrogens is 606 g/mol. The third kappa shape index (κ3) is 5.08. The van der Waals surface area contributed by atoms with E-state index in [0.29, 0.717) is 34.1 Å². The second-order valence-corrected chi connectivity index (χ2v) is 13.4. The molecule has 4 aliphatic rings. The van der Waals surface area contributed by atoms with Crippen LogP contribution in [0.5, 0.6) is 11.5 Å². The van der Waals surface area contributed by atoms with E-state index < -0.39 is 5.79 Å². The van der Waals surface area contributed by atoms with Crippen LogP contribution in [0.4, 0.5) is 0 Å². The first kappa shape index (κ1) is 28.1. The van der Waals surface area contributed by atoms with Crippen molar-refractivity contribution in [3.63, 3.8) is 0 Å². The van der Waals surface area contributed by atoms with Crippen molar-refractivity contribution in [2.24, 2.45) is 0 Å². The van der Waals surface area contributed by atoms with Crippen LogP contribution in [0.1, 0.15) is 73.8 Å². The number of aromatic nitrogens is 8. The van der Waals surface area contributed by atoms with Gasteiger partial charge in [-0.05, 0) is 75.4 Å². The number of benzene rings is 1. The molecule has 0 amide bonds. The molecule has 1 unspecified atom stereocenters. The number of imidazole rings is 1. The Morgan fingerprint density at radius 1 is 0.978 bits per heavy atom. The Hall–Kier alpha value is -4.13. The summed E-state index contributed by atoms with van der Waals surface area (Å²) in [6, 6.07) is 11.8. The highest BCUT2D eigenvalue weighted by Crippen LogP contribution is 2.49. The Kier molecular flexibility index (Phi) is 6.72. The van der Waals surface area contributed by atoms with Crippen LogP contribution in [0.15, 0.2) is 42.6 Å². The molecule has 5 aromatic rings. The number of hydrogen-bond acceptors (Lipinski definition) is 10. The van der Waals surface area contributed by atoms with Gasteiger partial charge >= 0.3 is 0 Å². The molecule has 12 nitrogen and oxygen atoms in total. The van der Waals surface area contributed by atoms with Gasteiger partial charge in [0.05, 0.1) is 24.2 Å². The summed E-state index contributed by atoms with van der Waals surface area (Å²) in [4.78, 5) is 15.4. The summed E-state index contributed by atoms with van der Waals surface area (Å²) in [6.45, 7) is 6.03. The fourth-order valence-electron chi connectivity index (χ4n) is 6.78. The van der Waals surface area contributed by atoms with Gasteiger partial charge in [0.2, 0.25) is 0 Å². The maximum atomic E-state index is 6.50. The number of piperidine rings is 1. The van der Waals surface area contributed by atoms with Crippen molar-refractivity contribution >= 4 is 22.8 Å². The molecule has 1 aromatic carbocycles. The lowest BCUT2D eigenvalue weighted by Gasteiger charge is -2.33. The van der Waals surface area contributed by atoms with E-state index in [1.807, 2.05) is 31.2 Å². The molecule has 9 rings (SSSR count). The highest BCUT2D eigenvalue weighted by molar-refractivity contribution is 6.30. The van der Waals surface area contributed by atoms with Crippen molar-refractivity contribution in [1.29, 1.82) is 0 Å². The normalized spacial score (nSPS) is 23.2.